The molecule has 7 nitrogen and oxygen atoms in total. The SMILES string of the molecule is O=C(N[C@@H](Cc1ccccc1)C(=O)Nc1ccccc1-n1cncn1)c1ccccc1. The molecule has 3 aromatic carbocycles. The fourth-order valence-corrected chi connectivity index (χ4v) is 3.22. The van der Waals surface area contributed by atoms with Gasteiger partial charge in [0.05, 0.1) is 11.4 Å². The summed E-state index contributed by atoms with van der Waals surface area (Å²) in [5.74, 6) is -0.623. The van der Waals surface area contributed by atoms with Gasteiger partial charge in [-0.25, -0.2) is 9.67 Å². The van der Waals surface area contributed by atoms with E-state index in [0.29, 0.717) is 23.4 Å². The number of aromatic nitrogens is 3. The van der Waals surface area contributed by atoms with Crippen molar-refractivity contribution in [2.24, 2.45) is 0 Å². The predicted octanol–water partition coefficient (Wildman–Crippen LogP) is 3.25. The van der Waals surface area contributed by atoms with Gasteiger partial charge in [0.25, 0.3) is 5.91 Å². The van der Waals surface area contributed by atoms with Crippen molar-refractivity contribution in [3.63, 3.8) is 0 Å². The molecule has 0 fully saturated rings. The number of amides is 2. The van der Waals surface area contributed by atoms with Crippen molar-refractivity contribution < 1.29 is 9.59 Å². The Hall–Kier alpha value is -4.26. The number of hydrogen-bond donors (Lipinski definition) is 2. The number of anilines is 1. The molecule has 2 amide bonds. The minimum absolute atomic E-state index is 0.304. The lowest BCUT2D eigenvalue weighted by atomic mass is 10.0. The first kappa shape index (κ1) is 20.0. The van der Waals surface area contributed by atoms with Crippen LogP contribution in [0, 0.1) is 0 Å². The summed E-state index contributed by atoms with van der Waals surface area (Å²) in [5.41, 5.74) is 2.70. The normalized spacial score (nSPS) is 11.5. The lowest BCUT2D eigenvalue weighted by Gasteiger charge is -2.20. The Bertz CT molecular complexity index is 1150. The highest BCUT2D eigenvalue weighted by Crippen LogP contribution is 2.19. The first-order valence-corrected chi connectivity index (χ1v) is 9.85. The van der Waals surface area contributed by atoms with Gasteiger partial charge in [0.2, 0.25) is 5.91 Å². The second kappa shape index (κ2) is 9.49. The van der Waals surface area contributed by atoms with Gasteiger partial charge in [0, 0.05) is 12.0 Å². The summed E-state index contributed by atoms with van der Waals surface area (Å²) < 4.78 is 1.57. The Morgan fingerprint density at radius 2 is 1.55 bits per heavy atom. The molecule has 0 saturated heterocycles. The van der Waals surface area contributed by atoms with E-state index in [4.69, 9.17) is 0 Å². The zero-order chi connectivity index (χ0) is 21.5. The largest absolute Gasteiger partial charge is 0.340 e. The Balaban J connectivity index is 1.58. The number of rotatable bonds is 7. The molecule has 31 heavy (non-hydrogen) atoms. The third kappa shape index (κ3) is 5.02. The average molecular weight is 411 g/mol. The Morgan fingerprint density at radius 3 is 2.26 bits per heavy atom. The Kier molecular flexibility index (Phi) is 6.13. The first-order chi connectivity index (χ1) is 15.2. The summed E-state index contributed by atoms with van der Waals surface area (Å²) in [7, 11) is 0. The highest BCUT2D eigenvalue weighted by Gasteiger charge is 2.23. The predicted molar refractivity (Wildman–Crippen MR) is 118 cm³/mol. The molecule has 0 radical (unpaired) electrons. The molecular weight excluding hydrogens is 390 g/mol. The maximum absolute atomic E-state index is 13.2. The number of nitrogens with one attached hydrogen (secondary N) is 2. The molecule has 0 aliphatic carbocycles. The molecular formula is C24H21N5O2. The van der Waals surface area contributed by atoms with Crippen LogP contribution in [0.5, 0.6) is 0 Å². The van der Waals surface area contributed by atoms with E-state index in [0.717, 1.165) is 5.56 Å². The molecule has 0 aliphatic heterocycles. The van der Waals surface area contributed by atoms with Crippen LogP contribution in [0.15, 0.2) is 97.6 Å². The van der Waals surface area contributed by atoms with Crippen molar-refractivity contribution in [1.29, 1.82) is 0 Å². The van der Waals surface area contributed by atoms with Crippen LogP contribution in [0.25, 0.3) is 5.69 Å². The van der Waals surface area contributed by atoms with Crippen LogP contribution >= 0.6 is 0 Å². The van der Waals surface area contributed by atoms with Crippen molar-refractivity contribution in [3.8, 4) is 5.69 Å². The fourth-order valence-electron chi connectivity index (χ4n) is 3.22. The molecule has 4 rings (SSSR count). The third-order valence-corrected chi connectivity index (χ3v) is 4.77. The highest BCUT2D eigenvalue weighted by molar-refractivity contribution is 6.02. The molecule has 2 N–H and O–H groups in total. The minimum atomic E-state index is -0.765. The molecule has 0 spiro atoms. The van der Waals surface area contributed by atoms with Crippen molar-refractivity contribution in [2.45, 2.75) is 12.5 Å². The molecule has 0 saturated carbocycles. The van der Waals surface area contributed by atoms with Crippen LogP contribution in [0.1, 0.15) is 15.9 Å². The van der Waals surface area contributed by atoms with E-state index in [1.165, 1.54) is 6.33 Å². The summed E-state index contributed by atoms with van der Waals surface area (Å²) in [4.78, 5) is 29.9. The van der Waals surface area contributed by atoms with E-state index in [1.807, 2.05) is 54.6 Å². The highest BCUT2D eigenvalue weighted by atomic mass is 16.2. The summed E-state index contributed by atoms with van der Waals surface area (Å²) >= 11 is 0. The smallest absolute Gasteiger partial charge is 0.251 e. The summed E-state index contributed by atoms with van der Waals surface area (Å²) in [5, 5.41) is 9.94. The van der Waals surface area contributed by atoms with Crippen LogP contribution in [0.4, 0.5) is 5.69 Å². The van der Waals surface area contributed by atoms with E-state index in [-0.39, 0.29) is 11.8 Å². The Labute approximate surface area is 179 Å². The molecule has 7 heteroatoms. The lowest BCUT2D eigenvalue weighted by Crippen LogP contribution is -2.45. The Morgan fingerprint density at radius 1 is 0.871 bits per heavy atom. The number of nitrogens with zero attached hydrogens (tertiary/aromatic N) is 3. The van der Waals surface area contributed by atoms with Crippen LogP contribution < -0.4 is 10.6 Å². The van der Waals surface area contributed by atoms with Gasteiger partial charge >= 0.3 is 0 Å². The second-order valence-electron chi connectivity index (χ2n) is 6.93. The van der Waals surface area contributed by atoms with Crippen LogP contribution in [-0.2, 0) is 11.2 Å². The molecule has 0 bridgehead atoms. The molecule has 1 aromatic heterocycles. The number of carbonyl (C=O) groups excluding carboxylic acids is 2. The van der Waals surface area contributed by atoms with Gasteiger partial charge in [-0.05, 0) is 29.8 Å². The summed E-state index contributed by atoms with van der Waals surface area (Å²) in [6.07, 6.45) is 3.34. The van der Waals surface area contributed by atoms with Crippen molar-refractivity contribution in [2.75, 3.05) is 5.32 Å². The van der Waals surface area contributed by atoms with Crippen molar-refractivity contribution >= 4 is 17.5 Å². The quantitative estimate of drug-likeness (QED) is 0.489. The van der Waals surface area contributed by atoms with Gasteiger partial charge in [-0.3, -0.25) is 9.59 Å². The molecule has 1 atom stereocenters. The van der Waals surface area contributed by atoms with E-state index < -0.39 is 6.04 Å². The van der Waals surface area contributed by atoms with Crippen molar-refractivity contribution in [1.82, 2.24) is 20.1 Å². The monoisotopic (exact) mass is 411 g/mol. The number of hydrogen-bond acceptors (Lipinski definition) is 4. The van der Waals surface area contributed by atoms with E-state index in [2.05, 4.69) is 20.7 Å². The van der Waals surface area contributed by atoms with E-state index >= 15 is 0 Å². The van der Waals surface area contributed by atoms with Crippen molar-refractivity contribution in [3.05, 3.63) is 109 Å². The average Bonchev–Trinajstić information content (AvgIpc) is 3.35. The molecule has 0 unspecified atom stereocenters. The standard InChI is InChI=1S/C24H21N5O2/c30-23(19-11-5-2-6-12-19)28-21(15-18-9-3-1-4-10-18)24(31)27-20-13-7-8-14-22(20)29-17-25-16-26-29/h1-14,16-17,21H,15H2,(H,27,31)(H,28,30)/t21-/m0/s1. The lowest BCUT2D eigenvalue weighted by molar-refractivity contribution is -0.118. The van der Waals surface area contributed by atoms with Gasteiger partial charge < -0.3 is 10.6 Å². The number of para-hydroxylation sites is 2. The van der Waals surface area contributed by atoms with Crippen LogP contribution in [0.2, 0.25) is 0 Å². The first-order valence-electron chi connectivity index (χ1n) is 9.85. The van der Waals surface area contributed by atoms with Gasteiger partial charge in [-0.15, -0.1) is 0 Å². The number of carbonyl (C=O) groups is 2. The van der Waals surface area contributed by atoms with E-state index in [1.54, 1.807) is 41.3 Å². The van der Waals surface area contributed by atoms with Gasteiger partial charge in [0.15, 0.2) is 0 Å². The number of benzene rings is 3. The maximum atomic E-state index is 13.2. The van der Waals surface area contributed by atoms with Gasteiger partial charge in [-0.1, -0.05) is 60.7 Å². The second-order valence-corrected chi connectivity index (χ2v) is 6.93. The van der Waals surface area contributed by atoms with E-state index in [9.17, 15) is 9.59 Å². The topological polar surface area (TPSA) is 88.9 Å². The molecule has 154 valence electrons. The van der Waals surface area contributed by atoms with Crippen LogP contribution in [0.3, 0.4) is 0 Å². The minimum Gasteiger partial charge on any atom is -0.340 e. The maximum Gasteiger partial charge on any atom is 0.251 e. The fraction of sp³-hybridized carbons (Fsp3) is 0.0833. The zero-order valence-electron chi connectivity index (χ0n) is 16.7. The molecule has 0 aliphatic rings. The summed E-state index contributed by atoms with van der Waals surface area (Å²) in [6, 6.07) is 25.0. The summed E-state index contributed by atoms with van der Waals surface area (Å²) in [6.45, 7) is 0. The van der Waals surface area contributed by atoms with Crippen LogP contribution in [-0.4, -0.2) is 32.6 Å². The molecule has 1 heterocycles. The third-order valence-electron chi connectivity index (χ3n) is 4.77. The van der Waals surface area contributed by atoms with Gasteiger partial charge in [0.1, 0.15) is 18.7 Å². The van der Waals surface area contributed by atoms with Gasteiger partial charge in [-0.2, -0.15) is 5.10 Å². The molecule has 4 aromatic rings. The zero-order valence-corrected chi connectivity index (χ0v) is 16.7.